The Morgan fingerprint density at radius 3 is 2.00 bits per heavy atom. The van der Waals surface area contributed by atoms with Crippen LogP contribution in [0.4, 0.5) is 55.7 Å². The van der Waals surface area contributed by atoms with Gasteiger partial charge in [-0.05, 0) is 0 Å². The van der Waals surface area contributed by atoms with Gasteiger partial charge >= 0.3 is 30.3 Å². The monoisotopic (exact) mass is 474 g/mol. The molecule has 1 rings (SSSR count). The van der Waals surface area contributed by atoms with E-state index < -0.39 is 76.2 Å². The van der Waals surface area contributed by atoms with Crippen molar-refractivity contribution in [3.63, 3.8) is 0 Å². The maximum atomic E-state index is 13.3. The van der Waals surface area contributed by atoms with Gasteiger partial charge in [-0.2, -0.15) is 26.3 Å². The number of benzene rings is 1. The lowest BCUT2D eigenvalue weighted by Crippen LogP contribution is -2.59. The third kappa shape index (κ3) is 5.05. The number of nitrogens with zero attached hydrogens (tertiary/aromatic N) is 2. The number of nitro benzene ring substituents is 2. The van der Waals surface area contributed by atoms with Crippen LogP contribution in [0.1, 0.15) is 5.56 Å². The molecule has 0 saturated heterocycles. The van der Waals surface area contributed by atoms with Crippen LogP contribution in [0.2, 0.25) is 0 Å². The number of carbonyl (C=O) groups excluding carboxylic acids is 1. The first-order valence-corrected chi connectivity index (χ1v) is 7.27. The van der Waals surface area contributed by atoms with Gasteiger partial charge in [0, 0.05) is 0 Å². The third-order valence-electron chi connectivity index (χ3n) is 3.43. The van der Waals surface area contributed by atoms with E-state index in [4.69, 9.17) is 0 Å². The Kier molecular flexibility index (Phi) is 7.30. The number of rotatable bonds is 9. The molecule has 0 atom stereocenters. The van der Waals surface area contributed by atoms with Gasteiger partial charge in [-0.15, -0.1) is 0 Å². The number of halogens is 9. The Morgan fingerprint density at radius 2 is 1.58 bits per heavy atom. The smallest absolute Gasteiger partial charge is 0.427 e. The minimum Gasteiger partial charge on any atom is -0.427 e. The van der Waals surface area contributed by atoms with Gasteiger partial charge in [0.25, 0.3) is 11.4 Å². The van der Waals surface area contributed by atoms with Crippen LogP contribution in [0, 0.1) is 20.2 Å². The van der Waals surface area contributed by atoms with Crippen LogP contribution >= 0.6 is 0 Å². The lowest BCUT2D eigenvalue weighted by atomic mass is 10.1. The fourth-order valence-electron chi connectivity index (χ4n) is 1.85. The summed E-state index contributed by atoms with van der Waals surface area (Å²) in [6.45, 7) is -4.74. The molecule has 31 heavy (non-hydrogen) atoms. The van der Waals surface area contributed by atoms with Gasteiger partial charge in [-0.1, -0.05) is 0 Å². The van der Waals surface area contributed by atoms with Gasteiger partial charge in [-0.25, -0.2) is 18.0 Å². The van der Waals surface area contributed by atoms with Crippen molar-refractivity contribution in [1.29, 1.82) is 0 Å². The molecule has 0 fully saturated rings. The van der Waals surface area contributed by atoms with E-state index in [-0.39, 0.29) is 12.1 Å². The Bertz CT molecular complexity index is 879. The van der Waals surface area contributed by atoms with Crippen molar-refractivity contribution in [3.8, 4) is 5.75 Å². The number of non-ortho nitro benzene ring substituents is 1. The van der Waals surface area contributed by atoms with Crippen LogP contribution in [-0.2, 0) is 11.4 Å². The highest BCUT2D eigenvalue weighted by molar-refractivity contribution is 5.67. The van der Waals surface area contributed by atoms with Crippen LogP contribution in [0.3, 0.4) is 0 Å². The van der Waals surface area contributed by atoms with E-state index >= 15 is 0 Å². The molecule has 174 valence electrons. The molecule has 0 saturated carbocycles. The molecule has 1 aromatic carbocycles. The highest BCUT2D eigenvalue weighted by Gasteiger charge is 2.75. The Morgan fingerprint density at radius 1 is 1.03 bits per heavy atom. The van der Waals surface area contributed by atoms with Gasteiger partial charge in [0.1, 0.15) is 12.2 Å². The number of nitro groups is 2. The second kappa shape index (κ2) is 8.80. The summed E-state index contributed by atoms with van der Waals surface area (Å²) in [5, 5.41) is 21.6. The fraction of sp³-hybridized carbons (Fsp3) is 0.462. The zero-order valence-electron chi connectivity index (χ0n) is 14.3. The highest BCUT2D eigenvalue weighted by atomic mass is 19.4. The molecular formula is C13H7F9N2O7. The van der Waals surface area contributed by atoms with E-state index in [1.54, 1.807) is 0 Å². The Balaban J connectivity index is 3.13. The van der Waals surface area contributed by atoms with Gasteiger partial charge in [0.05, 0.1) is 22.0 Å². The van der Waals surface area contributed by atoms with Crippen molar-refractivity contribution in [1.82, 2.24) is 0 Å². The summed E-state index contributed by atoms with van der Waals surface area (Å²) in [4.78, 5) is 30.3. The Hall–Kier alpha value is -3.34. The summed E-state index contributed by atoms with van der Waals surface area (Å²) in [5.41, 5.74) is -3.58. The molecule has 0 aliphatic heterocycles. The number of hydrogen-bond acceptors (Lipinski definition) is 7. The number of carbonyl (C=O) groups is 1. The van der Waals surface area contributed by atoms with E-state index in [2.05, 4.69) is 9.47 Å². The quantitative estimate of drug-likeness (QED) is 0.168. The summed E-state index contributed by atoms with van der Waals surface area (Å²) >= 11 is 0. The van der Waals surface area contributed by atoms with Crippen LogP contribution in [-0.4, -0.2) is 46.8 Å². The summed E-state index contributed by atoms with van der Waals surface area (Å²) in [6.07, 6.45) is -7.70. The SMILES string of the molecule is O=C(OCC(F)(F)C(F)(F)C(F)(F)C(F)F)Oc1cc([N+](=O)[O-])cc([N+](=O)[O-])c1CF. The van der Waals surface area contributed by atoms with Crippen molar-refractivity contribution in [2.75, 3.05) is 6.61 Å². The van der Waals surface area contributed by atoms with Gasteiger partial charge in [-0.3, -0.25) is 20.2 Å². The third-order valence-corrected chi connectivity index (χ3v) is 3.43. The molecule has 0 amide bonds. The molecule has 0 aromatic heterocycles. The maximum Gasteiger partial charge on any atom is 0.514 e. The molecule has 0 bridgehead atoms. The van der Waals surface area contributed by atoms with Crippen molar-refractivity contribution >= 4 is 17.5 Å². The van der Waals surface area contributed by atoms with Gasteiger partial charge in [0.2, 0.25) is 0 Å². The van der Waals surface area contributed by atoms with Crippen molar-refractivity contribution in [2.45, 2.75) is 30.9 Å². The van der Waals surface area contributed by atoms with E-state index in [0.29, 0.717) is 0 Å². The maximum absolute atomic E-state index is 13.3. The van der Waals surface area contributed by atoms with Crippen molar-refractivity contribution < 1.29 is 63.6 Å². The van der Waals surface area contributed by atoms with Crippen LogP contribution < -0.4 is 4.74 Å². The van der Waals surface area contributed by atoms with Crippen LogP contribution in [0.5, 0.6) is 5.75 Å². The topological polar surface area (TPSA) is 122 Å². The van der Waals surface area contributed by atoms with E-state index in [9.17, 15) is 64.5 Å². The molecule has 0 spiro atoms. The zero-order chi connectivity index (χ0) is 24.4. The summed E-state index contributed by atoms with van der Waals surface area (Å²) in [5.74, 6) is -20.6. The molecular weight excluding hydrogens is 467 g/mol. The molecule has 0 N–H and O–H groups in total. The summed E-state index contributed by atoms with van der Waals surface area (Å²) < 4.78 is 123. The lowest BCUT2D eigenvalue weighted by molar-refractivity contribution is -0.394. The second-order valence-corrected chi connectivity index (χ2v) is 5.43. The van der Waals surface area contributed by atoms with Crippen molar-refractivity contribution in [2.24, 2.45) is 0 Å². The first kappa shape index (κ1) is 25.7. The zero-order valence-corrected chi connectivity index (χ0v) is 14.3. The lowest BCUT2D eigenvalue weighted by Gasteiger charge is -2.31. The standard InChI is InChI=1S/C13H7F9N2O7/c14-3-6-7(24(28)29)1-5(23(26)27)2-8(6)31-10(25)30-4-11(17,18)13(21,22)12(19,20)9(15)16/h1-2,9H,3-4H2. The molecule has 1 aromatic rings. The average Bonchev–Trinajstić information content (AvgIpc) is 2.65. The van der Waals surface area contributed by atoms with Crippen LogP contribution in [0.15, 0.2) is 12.1 Å². The molecule has 9 nitrogen and oxygen atoms in total. The first-order chi connectivity index (χ1) is 14.0. The van der Waals surface area contributed by atoms with E-state index in [0.717, 1.165) is 0 Å². The minimum absolute atomic E-state index is 0.209. The van der Waals surface area contributed by atoms with Gasteiger partial charge < -0.3 is 9.47 Å². The molecule has 0 aliphatic rings. The Labute approximate surface area is 163 Å². The summed E-state index contributed by atoms with van der Waals surface area (Å²) in [6, 6.07) is 0.453. The second-order valence-electron chi connectivity index (χ2n) is 5.43. The number of alkyl halides is 9. The van der Waals surface area contributed by atoms with Crippen molar-refractivity contribution in [3.05, 3.63) is 37.9 Å². The number of ether oxygens (including phenoxy) is 2. The normalized spacial score (nSPS) is 12.6. The molecule has 0 unspecified atom stereocenters. The molecule has 0 radical (unpaired) electrons. The highest BCUT2D eigenvalue weighted by Crippen LogP contribution is 2.48. The summed E-state index contributed by atoms with van der Waals surface area (Å²) in [7, 11) is 0. The molecule has 18 heteroatoms. The number of hydrogen-bond donors (Lipinski definition) is 0. The molecule has 0 heterocycles. The average molecular weight is 474 g/mol. The predicted molar refractivity (Wildman–Crippen MR) is 77.4 cm³/mol. The van der Waals surface area contributed by atoms with E-state index in [1.165, 1.54) is 0 Å². The largest absolute Gasteiger partial charge is 0.514 e. The first-order valence-electron chi connectivity index (χ1n) is 7.27. The van der Waals surface area contributed by atoms with Gasteiger partial charge in [0.15, 0.2) is 12.4 Å². The van der Waals surface area contributed by atoms with Crippen LogP contribution in [0.25, 0.3) is 0 Å². The molecule has 0 aliphatic carbocycles. The van der Waals surface area contributed by atoms with E-state index in [1.807, 2.05) is 0 Å². The fourth-order valence-corrected chi connectivity index (χ4v) is 1.85. The minimum atomic E-state index is -6.71. The predicted octanol–water partition coefficient (Wildman–Crippen LogP) is 4.66.